The van der Waals surface area contributed by atoms with Crippen LogP contribution in [0.3, 0.4) is 0 Å². The third-order valence-corrected chi connectivity index (χ3v) is 3.88. The van der Waals surface area contributed by atoms with Crippen molar-refractivity contribution in [1.29, 1.82) is 0 Å². The summed E-state index contributed by atoms with van der Waals surface area (Å²) in [4.78, 5) is 24.0. The maximum absolute atomic E-state index is 12.0. The van der Waals surface area contributed by atoms with Crippen molar-refractivity contribution in [2.24, 2.45) is 5.73 Å². The molecule has 4 atom stereocenters. The molecule has 0 spiro atoms. The van der Waals surface area contributed by atoms with Crippen LogP contribution in [0.5, 0.6) is 0 Å². The van der Waals surface area contributed by atoms with Gasteiger partial charge in [-0.3, -0.25) is 9.59 Å². The zero-order valence-electron chi connectivity index (χ0n) is 10.9. The number of carbonyl (C=O) groups excluding carboxylic acids is 2. The van der Waals surface area contributed by atoms with Crippen molar-refractivity contribution in [2.45, 2.75) is 24.4 Å². The Bertz CT molecular complexity index is 523. The van der Waals surface area contributed by atoms with E-state index in [0.29, 0.717) is 3.57 Å². The van der Waals surface area contributed by atoms with Gasteiger partial charge in [0.1, 0.15) is 24.4 Å². The number of benzene rings is 1. The van der Waals surface area contributed by atoms with Crippen LogP contribution in [0.4, 0.5) is 0 Å². The van der Waals surface area contributed by atoms with Gasteiger partial charge in [-0.25, -0.2) is 0 Å². The maximum Gasteiger partial charge on any atom is 0.231 e. The summed E-state index contributed by atoms with van der Waals surface area (Å²) in [6.07, 6.45) is -5.37. The molecule has 1 aromatic rings. The number of hydrogen-bond donors (Lipinski definition) is 5. The van der Waals surface area contributed by atoms with Gasteiger partial charge in [0, 0.05) is 9.13 Å². The van der Waals surface area contributed by atoms with Gasteiger partial charge in [0.15, 0.2) is 0 Å². The highest BCUT2D eigenvalue weighted by atomic mass is 127. The quantitative estimate of drug-likeness (QED) is 0.209. The summed E-state index contributed by atoms with van der Waals surface area (Å²) in [5.74, 6) is -1.98. The molecule has 1 aromatic carbocycles. The van der Waals surface area contributed by atoms with Crippen LogP contribution in [0.2, 0.25) is 0 Å². The van der Waals surface area contributed by atoms with E-state index in [1.165, 1.54) is 6.07 Å². The first-order valence-electron chi connectivity index (χ1n) is 6.05. The van der Waals surface area contributed by atoms with Crippen LogP contribution in [0.15, 0.2) is 24.3 Å². The number of halogens is 1. The lowest BCUT2D eigenvalue weighted by atomic mass is 9.94. The average Bonchev–Trinajstić information content (AvgIpc) is 2.50. The fourth-order valence-corrected chi connectivity index (χ4v) is 2.26. The van der Waals surface area contributed by atoms with E-state index >= 15 is 0 Å². The molecular weight excluding hydrogens is 393 g/mol. The van der Waals surface area contributed by atoms with Gasteiger partial charge in [0.05, 0.1) is 6.61 Å². The molecule has 0 radical (unpaired) electrons. The summed E-state index contributed by atoms with van der Waals surface area (Å²) >= 11 is 1.88. The van der Waals surface area contributed by atoms with Crippen LogP contribution in [-0.2, 0) is 4.79 Å². The topological polar surface area (TPSA) is 141 Å². The van der Waals surface area contributed by atoms with Gasteiger partial charge in [-0.1, -0.05) is 12.1 Å². The molecule has 0 saturated heterocycles. The Morgan fingerprint density at radius 2 is 1.71 bits per heavy atom. The summed E-state index contributed by atoms with van der Waals surface area (Å²) in [5.41, 5.74) is 5.61. The van der Waals surface area contributed by atoms with E-state index in [1.807, 2.05) is 22.6 Å². The van der Waals surface area contributed by atoms with Crippen molar-refractivity contribution in [3.05, 3.63) is 33.4 Å². The molecule has 0 aromatic heterocycles. The predicted molar refractivity (Wildman–Crippen MR) is 81.6 cm³/mol. The van der Waals surface area contributed by atoms with Crippen molar-refractivity contribution < 1.29 is 30.0 Å². The molecule has 0 amide bonds. The Morgan fingerprint density at radius 3 is 2.24 bits per heavy atom. The van der Waals surface area contributed by atoms with Crippen LogP contribution in [0.1, 0.15) is 10.4 Å². The SMILES string of the molecule is N[C@@H](C(=O)C(=O)c1ccccc1I)[C@@H](O)[C@H](O)[C@H](O)CO. The lowest BCUT2D eigenvalue weighted by Crippen LogP contribution is -2.54. The molecule has 1 rings (SSSR count). The summed E-state index contributed by atoms with van der Waals surface area (Å²) in [7, 11) is 0. The average molecular weight is 409 g/mol. The molecule has 6 N–H and O–H groups in total. The van der Waals surface area contributed by atoms with E-state index in [-0.39, 0.29) is 5.56 Å². The molecule has 0 aliphatic rings. The van der Waals surface area contributed by atoms with E-state index in [9.17, 15) is 24.9 Å². The smallest absolute Gasteiger partial charge is 0.231 e. The second kappa shape index (κ2) is 7.92. The molecule has 8 heteroatoms. The highest BCUT2D eigenvalue weighted by Gasteiger charge is 2.36. The lowest BCUT2D eigenvalue weighted by molar-refractivity contribution is -0.125. The fraction of sp³-hybridized carbons (Fsp3) is 0.385. The number of Topliss-reactive ketones (excluding diaryl/α,β-unsaturated/α-hetero) is 2. The predicted octanol–water partition coefficient (Wildman–Crippen LogP) is -1.55. The van der Waals surface area contributed by atoms with Crippen molar-refractivity contribution in [1.82, 2.24) is 0 Å². The first-order valence-corrected chi connectivity index (χ1v) is 7.12. The minimum Gasteiger partial charge on any atom is -0.394 e. The van der Waals surface area contributed by atoms with Gasteiger partial charge in [0.2, 0.25) is 11.6 Å². The second-order valence-electron chi connectivity index (χ2n) is 4.43. The van der Waals surface area contributed by atoms with Gasteiger partial charge in [-0.2, -0.15) is 0 Å². The Hall–Kier alpha value is -0.910. The van der Waals surface area contributed by atoms with E-state index in [1.54, 1.807) is 18.2 Å². The standard InChI is InChI=1S/C13H16INO6/c14-7-4-2-1-3-6(7)10(18)12(20)9(15)13(21)11(19)8(17)5-16/h1-4,8-9,11,13,16-17,19,21H,5,15H2/t8-,9+,11-,13-/m1/s1. The van der Waals surface area contributed by atoms with Gasteiger partial charge >= 0.3 is 0 Å². The van der Waals surface area contributed by atoms with Gasteiger partial charge in [-0.15, -0.1) is 0 Å². The molecular formula is C13H16INO6. The number of ketones is 2. The van der Waals surface area contributed by atoms with E-state index in [4.69, 9.17) is 10.8 Å². The first-order chi connectivity index (χ1) is 9.81. The number of carbonyl (C=O) groups is 2. The zero-order chi connectivity index (χ0) is 16.2. The largest absolute Gasteiger partial charge is 0.394 e. The Morgan fingerprint density at radius 1 is 1.14 bits per heavy atom. The van der Waals surface area contributed by atoms with E-state index in [2.05, 4.69) is 0 Å². The molecule has 0 unspecified atom stereocenters. The normalized spacial score (nSPS) is 16.9. The molecule has 0 heterocycles. The number of aliphatic hydroxyl groups excluding tert-OH is 4. The second-order valence-corrected chi connectivity index (χ2v) is 5.59. The molecule has 0 fully saturated rings. The lowest BCUT2D eigenvalue weighted by Gasteiger charge is -2.25. The summed E-state index contributed by atoms with van der Waals surface area (Å²) in [6, 6.07) is 4.64. The van der Waals surface area contributed by atoms with Crippen LogP contribution >= 0.6 is 22.6 Å². The number of rotatable bonds is 7. The van der Waals surface area contributed by atoms with Crippen LogP contribution < -0.4 is 5.73 Å². The Labute approximate surface area is 134 Å². The number of aliphatic hydroxyl groups is 4. The Kier molecular flexibility index (Phi) is 6.84. The van der Waals surface area contributed by atoms with Gasteiger partial charge < -0.3 is 26.2 Å². The zero-order valence-corrected chi connectivity index (χ0v) is 13.0. The molecule has 7 nitrogen and oxygen atoms in total. The number of nitrogens with two attached hydrogens (primary N) is 1. The van der Waals surface area contributed by atoms with Gasteiger partial charge in [0.25, 0.3) is 0 Å². The van der Waals surface area contributed by atoms with Crippen LogP contribution in [0, 0.1) is 3.57 Å². The highest BCUT2D eigenvalue weighted by molar-refractivity contribution is 14.1. The van der Waals surface area contributed by atoms with Crippen LogP contribution in [0.25, 0.3) is 0 Å². The minimum atomic E-state index is -1.87. The summed E-state index contributed by atoms with van der Waals surface area (Å²) in [6.45, 7) is -0.816. The molecule has 21 heavy (non-hydrogen) atoms. The van der Waals surface area contributed by atoms with E-state index in [0.717, 1.165) is 0 Å². The van der Waals surface area contributed by atoms with Crippen molar-refractivity contribution in [3.63, 3.8) is 0 Å². The molecule has 0 aliphatic carbocycles. The maximum atomic E-state index is 12.0. The molecule has 116 valence electrons. The summed E-state index contributed by atoms with van der Waals surface area (Å²) in [5, 5.41) is 37.1. The van der Waals surface area contributed by atoms with Gasteiger partial charge in [-0.05, 0) is 34.7 Å². The van der Waals surface area contributed by atoms with Crippen molar-refractivity contribution in [3.8, 4) is 0 Å². The fourth-order valence-electron chi connectivity index (χ4n) is 1.63. The first kappa shape index (κ1) is 18.1. The van der Waals surface area contributed by atoms with Crippen molar-refractivity contribution >= 4 is 34.2 Å². The molecule has 0 saturated carbocycles. The highest BCUT2D eigenvalue weighted by Crippen LogP contribution is 2.14. The van der Waals surface area contributed by atoms with Crippen molar-refractivity contribution in [2.75, 3.05) is 6.61 Å². The van der Waals surface area contributed by atoms with Crippen LogP contribution in [-0.4, -0.2) is 63.0 Å². The Balaban J connectivity index is 2.88. The number of hydrogen-bond acceptors (Lipinski definition) is 7. The van der Waals surface area contributed by atoms with E-state index < -0.39 is 42.5 Å². The summed E-state index contributed by atoms with van der Waals surface area (Å²) < 4.78 is 0.547. The third kappa shape index (κ3) is 4.28. The molecule has 0 aliphatic heterocycles. The third-order valence-electron chi connectivity index (χ3n) is 2.94. The minimum absolute atomic E-state index is 0.142. The molecule has 0 bridgehead atoms. The monoisotopic (exact) mass is 409 g/mol.